The molecule has 0 radical (unpaired) electrons. The first-order valence-corrected chi connectivity index (χ1v) is 11.8. The number of aliphatic hydroxyl groups excluding tert-OH is 2. The number of aliphatic hydroxyl groups is 2. The highest BCUT2D eigenvalue weighted by atomic mass is 32.2. The van der Waals surface area contributed by atoms with Crippen LogP contribution in [0, 0.1) is 6.92 Å². The number of ether oxygens (including phenoxy) is 1. The molecule has 0 aliphatic rings. The summed E-state index contributed by atoms with van der Waals surface area (Å²) in [6, 6.07) is 11.3. The van der Waals surface area contributed by atoms with E-state index in [9.17, 15) is 10.2 Å². The van der Waals surface area contributed by atoms with E-state index < -0.39 is 5.41 Å². The fourth-order valence-corrected chi connectivity index (χ4v) is 4.44. The molecule has 4 aromatic heterocycles. The Hall–Kier alpha value is -3.05. The summed E-state index contributed by atoms with van der Waals surface area (Å²) < 4.78 is 6.18. The van der Waals surface area contributed by atoms with E-state index in [1.165, 1.54) is 23.1 Å². The van der Waals surface area contributed by atoms with Crippen molar-refractivity contribution in [1.29, 1.82) is 0 Å². The summed E-state index contributed by atoms with van der Waals surface area (Å²) in [6.45, 7) is 3.21. The molecule has 33 heavy (non-hydrogen) atoms. The molecule has 0 saturated heterocycles. The van der Waals surface area contributed by atoms with E-state index in [1.807, 2.05) is 48.7 Å². The van der Waals surface area contributed by atoms with Crippen molar-refractivity contribution in [3.05, 3.63) is 71.8 Å². The van der Waals surface area contributed by atoms with Crippen LogP contribution in [0.5, 0.6) is 11.5 Å². The van der Waals surface area contributed by atoms with Crippen LogP contribution in [0.2, 0.25) is 0 Å². The van der Waals surface area contributed by atoms with Crippen LogP contribution in [-0.4, -0.2) is 43.4 Å². The van der Waals surface area contributed by atoms with Crippen molar-refractivity contribution < 1.29 is 14.9 Å². The van der Waals surface area contributed by atoms with Crippen LogP contribution < -0.4 is 10.1 Å². The van der Waals surface area contributed by atoms with Crippen LogP contribution in [-0.2, 0) is 5.41 Å². The van der Waals surface area contributed by atoms with Crippen LogP contribution >= 0.6 is 23.1 Å². The molecular weight excluding hydrogens is 458 g/mol. The van der Waals surface area contributed by atoms with Crippen molar-refractivity contribution in [3.8, 4) is 11.5 Å². The van der Waals surface area contributed by atoms with Gasteiger partial charge in [-0.15, -0.1) is 11.3 Å². The monoisotopic (exact) mass is 481 g/mol. The maximum absolute atomic E-state index is 9.66. The summed E-state index contributed by atoms with van der Waals surface area (Å²) in [4.78, 5) is 18.6. The quantitative estimate of drug-likeness (QED) is 0.316. The van der Waals surface area contributed by atoms with Crippen molar-refractivity contribution in [2.24, 2.45) is 0 Å². The lowest BCUT2D eigenvalue weighted by atomic mass is 9.90. The summed E-state index contributed by atoms with van der Waals surface area (Å²) in [6.07, 6.45) is 5.20. The lowest BCUT2D eigenvalue weighted by Gasteiger charge is -2.21. The predicted molar refractivity (Wildman–Crippen MR) is 129 cm³/mol. The Morgan fingerprint density at radius 2 is 1.88 bits per heavy atom. The summed E-state index contributed by atoms with van der Waals surface area (Å²) in [5.41, 5.74) is 0.538. The van der Waals surface area contributed by atoms with Crippen LogP contribution in [0.3, 0.4) is 0 Å². The first kappa shape index (κ1) is 23.1. The standard InChI is InChI=1S/C23H23N5O3S2/c1-15-17(6-5-9-24-15)31-18-10-16(33-20-7-3-4-8-25-20)11-26-21(18)28-22-27-19(12-32-22)23(2,13-29)14-30/h3-12,29-30H,13-14H2,1-2H3,(H,26,27,28). The zero-order valence-corrected chi connectivity index (χ0v) is 19.7. The van der Waals surface area contributed by atoms with Crippen LogP contribution in [0.4, 0.5) is 10.9 Å². The van der Waals surface area contributed by atoms with Gasteiger partial charge in [-0.3, -0.25) is 4.98 Å². The van der Waals surface area contributed by atoms with Crippen LogP contribution in [0.1, 0.15) is 18.3 Å². The normalized spacial score (nSPS) is 11.4. The van der Waals surface area contributed by atoms with Crippen molar-refractivity contribution in [3.63, 3.8) is 0 Å². The van der Waals surface area contributed by atoms with E-state index in [2.05, 4.69) is 25.3 Å². The summed E-state index contributed by atoms with van der Waals surface area (Å²) in [5, 5.41) is 25.8. The number of aryl methyl sites for hydroxylation is 1. The molecule has 0 aliphatic carbocycles. The minimum absolute atomic E-state index is 0.209. The number of nitrogens with zero attached hydrogens (tertiary/aromatic N) is 4. The van der Waals surface area contributed by atoms with Gasteiger partial charge < -0.3 is 20.3 Å². The van der Waals surface area contributed by atoms with Gasteiger partial charge in [0.15, 0.2) is 16.7 Å². The number of hydrogen-bond donors (Lipinski definition) is 3. The second kappa shape index (κ2) is 10.3. The van der Waals surface area contributed by atoms with Gasteiger partial charge in [0.1, 0.15) is 10.8 Å². The third kappa shape index (κ3) is 5.48. The molecule has 0 saturated carbocycles. The zero-order chi connectivity index (χ0) is 23.3. The average molecular weight is 482 g/mol. The Labute approximate surface area is 199 Å². The first-order chi connectivity index (χ1) is 16.0. The van der Waals surface area contributed by atoms with E-state index in [0.29, 0.717) is 28.1 Å². The second-order valence-electron chi connectivity index (χ2n) is 7.52. The lowest BCUT2D eigenvalue weighted by Crippen LogP contribution is -2.31. The maximum atomic E-state index is 9.66. The third-order valence-electron chi connectivity index (χ3n) is 4.91. The molecule has 0 amide bonds. The SMILES string of the molecule is Cc1ncccc1Oc1cc(Sc2ccccn2)cnc1Nc1nc(C(C)(CO)CO)cs1. The van der Waals surface area contributed by atoms with Crippen molar-refractivity contribution in [2.45, 2.75) is 29.2 Å². The summed E-state index contributed by atoms with van der Waals surface area (Å²) in [5.74, 6) is 1.62. The van der Waals surface area contributed by atoms with Crippen molar-refractivity contribution >= 4 is 34.0 Å². The van der Waals surface area contributed by atoms with Crippen LogP contribution in [0.25, 0.3) is 0 Å². The summed E-state index contributed by atoms with van der Waals surface area (Å²) in [7, 11) is 0. The van der Waals surface area contributed by atoms with Gasteiger partial charge in [-0.25, -0.2) is 15.0 Å². The highest BCUT2D eigenvalue weighted by molar-refractivity contribution is 7.99. The number of aromatic nitrogens is 4. The fraction of sp³-hybridized carbons (Fsp3) is 0.217. The second-order valence-corrected chi connectivity index (χ2v) is 9.47. The highest BCUT2D eigenvalue weighted by Gasteiger charge is 2.28. The van der Waals surface area contributed by atoms with E-state index in [-0.39, 0.29) is 13.2 Å². The molecular formula is C23H23N5O3S2. The molecule has 0 unspecified atom stereocenters. The number of rotatable bonds is 9. The summed E-state index contributed by atoms with van der Waals surface area (Å²) >= 11 is 2.84. The molecule has 3 N–H and O–H groups in total. The average Bonchev–Trinajstić information content (AvgIpc) is 3.31. The van der Waals surface area contributed by atoms with Crippen LogP contribution in [0.15, 0.2) is 70.3 Å². The van der Waals surface area contributed by atoms with Gasteiger partial charge in [0.2, 0.25) is 0 Å². The molecule has 0 spiro atoms. The molecule has 170 valence electrons. The topological polar surface area (TPSA) is 113 Å². The fourth-order valence-electron chi connectivity index (χ4n) is 2.80. The predicted octanol–water partition coefficient (Wildman–Crippen LogP) is 4.57. The van der Waals surface area contributed by atoms with Gasteiger partial charge in [-0.05, 0) is 38.1 Å². The number of thiazole rings is 1. The third-order valence-corrected chi connectivity index (χ3v) is 6.58. The molecule has 0 aliphatic heterocycles. The Balaban J connectivity index is 1.65. The van der Waals surface area contributed by atoms with Gasteiger partial charge in [-0.1, -0.05) is 17.8 Å². The molecule has 4 heterocycles. The zero-order valence-electron chi connectivity index (χ0n) is 18.1. The minimum Gasteiger partial charge on any atom is -0.452 e. The number of hydrogen-bond acceptors (Lipinski definition) is 10. The Kier molecular flexibility index (Phi) is 7.19. The van der Waals surface area contributed by atoms with Gasteiger partial charge in [0.25, 0.3) is 0 Å². The van der Waals surface area contributed by atoms with E-state index in [0.717, 1.165) is 15.6 Å². The molecule has 10 heteroatoms. The molecule has 0 fully saturated rings. The number of anilines is 2. The molecule has 8 nitrogen and oxygen atoms in total. The maximum Gasteiger partial charge on any atom is 0.188 e. The largest absolute Gasteiger partial charge is 0.452 e. The molecule has 4 rings (SSSR count). The molecule has 0 atom stereocenters. The molecule has 4 aromatic rings. The Morgan fingerprint density at radius 1 is 1.06 bits per heavy atom. The van der Waals surface area contributed by atoms with E-state index in [1.54, 1.807) is 25.5 Å². The smallest absolute Gasteiger partial charge is 0.188 e. The molecule has 0 bridgehead atoms. The van der Waals surface area contributed by atoms with Gasteiger partial charge >= 0.3 is 0 Å². The van der Waals surface area contributed by atoms with E-state index in [4.69, 9.17) is 4.74 Å². The minimum atomic E-state index is -0.820. The van der Waals surface area contributed by atoms with Gasteiger partial charge in [0.05, 0.1) is 30.0 Å². The Bertz CT molecular complexity index is 1220. The highest BCUT2D eigenvalue weighted by Crippen LogP contribution is 2.37. The number of pyridine rings is 3. The van der Waals surface area contributed by atoms with Gasteiger partial charge in [0, 0.05) is 34.9 Å². The lowest BCUT2D eigenvalue weighted by molar-refractivity contribution is 0.127. The van der Waals surface area contributed by atoms with Crippen molar-refractivity contribution in [1.82, 2.24) is 19.9 Å². The number of nitrogens with one attached hydrogen (secondary N) is 1. The van der Waals surface area contributed by atoms with Crippen molar-refractivity contribution in [2.75, 3.05) is 18.5 Å². The molecule has 0 aromatic carbocycles. The van der Waals surface area contributed by atoms with Gasteiger partial charge in [-0.2, -0.15) is 0 Å². The first-order valence-electron chi connectivity index (χ1n) is 10.1. The Morgan fingerprint density at radius 3 is 2.61 bits per heavy atom. The van der Waals surface area contributed by atoms with E-state index >= 15 is 0 Å².